The van der Waals surface area contributed by atoms with Crippen molar-refractivity contribution in [2.75, 3.05) is 58.4 Å². The number of amides is 1. The number of anilines is 1. The fourth-order valence-electron chi connectivity index (χ4n) is 4.14. The molecule has 3 aromatic rings. The number of methoxy groups -OCH3 is 1. The van der Waals surface area contributed by atoms with Crippen LogP contribution in [0, 0.1) is 5.82 Å². The third-order valence-corrected chi connectivity index (χ3v) is 6.11. The Morgan fingerprint density at radius 3 is 2.47 bits per heavy atom. The lowest BCUT2D eigenvalue weighted by molar-refractivity contribution is 0.0724. The van der Waals surface area contributed by atoms with Crippen LogP contribution in [0.15, 0.2) is 59.1 Å². The van der Waals surface area contributed by atoms with Gasteiger partial charge in [0.2, 0.25) is 5.88 Å². The number of piperazine rings is 1. The summed E-state index contributed by atoms with van der Waals surface area (Å²) in [5.41, 5.74) is 2.84. The molecule has 2 aromatic carbocycles. The minimum absolute atomic E-state index is 0.0627. The lowest BCUT2D eigenvalue weighted by atomic mass is 10.1. The van der Waals surface area contributed by atoms with Gasteiger partial charge in [0, 0.05) is 57.6 Å². The first kappa shape index (κ1) is 23.9. The maximum Gasteiger partial charge on any atom is 0.254 e. The molecule has 0 bridgehead atoms. The first-order valence-corrected chi connectivity index (χ1v) is 11.6. The van der Waals surface area contributed by atoms with Gasteiger partial charge in [-0.2, -0.15) is 0 Å². The number of carbonyl (C=O) groups is 1. The third-order valence-electron chi connectivity index (χ3n) is 6.11. The molecule has 1 aliphatic rings. The quantitative estimate of drug-likeness (QED) is 0.446. The van der Waals surface area contributed by atoms with Crippen molar-refractivity contribution in [2.45, 2.75) is 13.0 Å². The number of halogens is 1. The number of benzene rings is 2. The zero-order valence-electron chi connectivity index (χ0n) is 19.7. The second-order valence-electron chi connectivity index (χ2n) is 8.55. The molecular formula is C26H31FN4O3. The van der Waals surface area contributed by atoms with E-state index in [4.69, 9.17) is 9.26 Å². The van der Waals surface area contributed by atoms with Gasteiger partial charge < -0.3 is 24.0 Å². The highest BCUT2D eigenvalue weighted by Crippen LogP contribution is 2.33. The van der Waals surface area contributed by atoms with E-state index in [1.54, 1.807) is 19.2 Å². The van der Waals surface area contributed by atoms with Crippen molar-refractivity contribution in [1.82, 2.24) is 15.0 Å². The summed E-state index contributed by atoms with van der Waals surface area (Å²) >= 11 is 0. The van der Waals surface area contributed by atoms with Gasteiger partial charge in [-0.05, 0) is 49.9 Å². The van der Waals surface area contributed by atoms with Gasteiger partial charge >= 0.3 is 0 Å². The Kier molecular flexibility index (Phi) is 7.92. The van der Waals surface area contributed by atoms with Crippen LogP contribution in [-0.2, 0) is 11.3 Å². The molecule has 2 heterocycles. The summed E-state index contributed by atoms with van der Waals surface area (Å²) in [7, 11) is 3.75. The predicted octanol–water partition coefficient (Wildman–Crippen LogP) is 3.91. The van der Waals surface area contributed by atoms with Gasteiger partial charge in [0.15, 0.2) is 0 Å². The average molecular weight is 467 g/mol. The molecule has 0 spiro atoms. The third kappa shape index (κ3) is 5.63. The number of likely N-dealkylation sites (N-methyl/N-ethyl adjacent to an activating group) is 1. The van der Waals surface area contributed by atoms with Crippen LogP contribution in [0.4, 0.5) is 10.3 Å². The SMILES string of the molecule is COCCCN(Cc1c(-c2ccc(F)cc2)noc1N1CCN(C)CC1)C(=O)c1ccccc1. The van der Waals surface area contributed by atoms with Crippen LogP contribution in [-0.4, -0.2) is 74.4 Å². The standard InChI is InChI=1S/C26H31FN4O3/c1-29-14-16-30(17-15-29)26-23(24(28-34-26)20-9-11-22(27)12-10-20)19-31(13-6-18-33-2)25(32)21-7-4-3-5-8-21/h3-5,7-12H,6,13-19H2,1-2H3. The monoisotopic (exact) mass is 466 g/mol. The van der Waals surface area contributed by atoms with E-state index in [-0.39, 0.29) is 11.7 Å². The van der Waals surface area contributed by atoms with Crippen molar-refractivity contribution in [3.8, 4) is 11.3 Å². The van der Waals surface area contributed by atoms with E-state index in [0.717, 1.165) is 37.3 Å². The predicted molar refractivity (Wildman–Crippen MR) is 129 cm³/mol. The number of carbonyl (C=O) groups excluding carboxylic acids is 1. The number of nitrogens with zero attached hydrogens (tertiary/aromatic N) is 4. The number of aromatic nitrogens is 1. The summed E-state index contributed by atoms with van der Waals surface area (Å²) in [5.74, 6) is 0.297. The Hall–Kier alpha value is -3.23. The molecule has 0 unspecified atom stereocenters. The Labute approximate surface area is 199 Å². The van der Waals surface area contributed by atoms with Gasteiger partial charge in [0.05, 0.1) is 12.1 Å². The molecule has 4 rings (SSSR count). The van der Waals surface area contributed by atoms with E-state index < -0.39 is 0 Å². The normalized spacial score (nSPS) is 14.4. The molecule has 0 radical (unpaired) electrons. The minimum Gasteiger partial charge on any atom is -0.385 e. The lowest BCUT2D eigenvalue weighted by Crippen LogP contribution is -2.45. The Bertz CT molecular complexity index is 1060. The van der Waals surface area contributed by atoms with E-state index >= 15 is 0 Å². The van der Waals surface area contributed by atoms with Gasteiger partial charge in [-0.3, -0.25) is 4.79 Å². The van der Waals surface area contributed by atoms with Crippen LogP contribution in [0.25, 0.3) is 11.3 Å². The molecule has 1 amide bonds. The van der Waals surface area contributed by atoms with Crippen LogP contribution in [0.1, 0.15) is 22.3 Å². The molecule has 1 saturated heterocycles. The Morgan fingerprint density at radius 1 is 1.09 bits per heavy atom. The maximum atomic E-state index is 13.6. The van der Waals surface area contributed by atoms with Crippen molar-refractivity contribution < 1.29 is 18.4 Å². The fraction of sp³-hybridized carbons (Fsp3) is 0.385. The summed E-state index contributed by atoms with van der Waals surface area (Å²) in [6.07, 6.45) is 0.704. The minimum atomic E-state index is -0.312. The molecule has 1 aromatic heterocycles. The number of rotatable bonds is 9. The van der Waals surface area contributed by atoms with E-state index in [2.05, 4.69) is 22.0 Å². The van der Waals surface area contributed by atoms with Crippen molar-refractivity contribution in [3.05, 3.63) is 71.5 Å². The molecule has 7 nitrogen and oxygen atoms in total. The Balaban J connectivity index is 1.70. The highest BCUT2D eigenvalue weighted by molar-refractivity contribution is 5.94. The summed E-state index contributed by atoms with van der Waals surface area (Å²) in [6.45, 7) is 4.83. The largest absolute Gasteiger partial charge is 0.385 e. The van der Waals surface area contributed by atoms with Gasteiger partial charge in [0.25, 0.3) is 5.91 Å². The second kappa shape index (κ2) is 11.3. The molecule has 1 aliphatic heterocycles. The van der Waals surface area contributed by atoms with Crippen molar-refractivity contribution >= 4 is 11.8 Å². The molecule has 34 heavy (non-hydrogen) atoms. The molecule has 8 heteroatoms. The summed E-state index contributed by atoms with van der Waals surface area (Å²) in [4.78, 5) is 19.7. The van der Waals surface area contributed by atoms with Crippen molar-refractivity contribution in [3.63, 3.8) is 0 Å². The van der Waals surface area contributed by atoms with Crippen LogP contribution >= 0.6 is 0 Å². The fourth-order valence-corrected chi connectivity index (χ4v) is 4.14. The van der Waals surface area contributed by atoms with Crippen molar-refractivity contribution in [1.29, 1.82) is 0 Å². The number of hydrogen-bond acceptors (Lipinski definition) is 6. The lowest BCUT2D eigenvalue weighted by Gasteiger charge is -2.33. The molecule has 180 valence electrons. The van der Waals surface area contributed by atoms with E-state index in [0.29, 0.717) is 43.3 Å². The summed E-state index contributed by atoms with van der Waals surface area (Å²) < 4.78 is 24.7. The topological polar surface area (TPSA) is 62.1 Å². The van der Waals surface area contributed by atoms with Gasteiger partial charge in [0.1, 0.15) is 11.5 Å². The highest BCUT2D eigenvalue weighted by atomic mass is 19.1. The molecular weight excluding hydrogens is 435 g/mol. The van der Waals surface area contributed by atoms with E-state index in [1.165, 1.54) is 12.1 Å². The maximum absolute atomic E-state index is 13.6. The molecule has 0 N–H and O–H groups in total. The summed E-state index contributed by atoms with van der Waals surface area (Å²) in [6, 6.07) is 15.5. The van der Waals surface area contributed by atoms with E-state index in [1.807, 2.05) is 35.2 Å². The number of ether oxygens (including phenoxy) is 1. The first-order chi connectivity index (χ1) is 16.6. The van der Waals surface area contributed by atoms with E-state index in [9.17, 15) is 9.18 Å². The van der Waals surface area contributed by atoms with Crippen LogP contribution < -0.4 is 4.90 Å². The molecule has 1 fully saturated rings. The van der Waals surface area contributed by atoms with Crippen LogP contribution in [0.3, 0.4) is 0 Å². The zero-order chi connectivity index (χ0) is 23.9. The van der Waals surface area contributed by atoms with Crippen LogP contribution in [0.2, 0.25) is 0 Å². The first-order valence-electron chi connectivity index (χ1n) is 11.6. The molecule has 0 saturated carbocycles. The highest BCUT2D eigenvalue weighted by Gasteiger charge is 2.28. The molecule has 0 atom stereocenters. The summed E-state index contributed by atoms with van der Waals surface area (Å²) in [5, 5.41) is 4.38. The average Bonchev–Trinajstić information content (AvgIpc) is 3.28. The smallest absolute Gasteiger partial charge is 0.254 e. The Morgan fingerprint density at radius 2 is 1.79 bits per heavy atom. The van der Waals surface area contributed by atoms with Crippen LogP contribution in [0.5, 0.6) is 0 Å². The van der Waals surface area contributed by atoms with Gasteiger partial charge in [-0.15, -0.1) is 0 Å². The number of hydrogen-bond donors (Lipinski definition) is 0. The van der Waals surface area contributed by atoms with Gasteiger partial charge in [-0.25, -0.2) is 4.39 Å². The van der Waals surface area contributed by atoms with Gasteiger partial charge in [-0.1, -0.05) is 23.4 Å². The molecule has 0 aliphatic carbocycles. The van der Waals surface area contributed by atoms with Crippen molar-refractivity contribution in [2.24, 2.45) is 0 Å². The zero-order valence-corrected chi connectivity index (χ0v) is 19.7. The second-order valence-corrected chi connectivity index (χ2v) is 8.55.